The minimum atomic E-state index is -0.00680. The molecule has 2 aromatic heterocycles. The molecule has 0 saturated carbocycles. The Morgan fingerprint density at radius 2 is 2.23 bits per heavy atom. The molecule has 22 heavy (non-hydrogen) atoms. The fraction of sp³-hybridized carbons (Fsp3) is 0.467. The highest BCUT2D eigenvalue weighted by Crippen LogP contribution is 2.30. The number of piperidine rings is 3. The highest BCUT2D eigenvalue weighted by atomic mass is 35.5. The fourth-order valence-corrected chi connectivity index (χ4v) is 4.28. The third kappa shape index (κ3) is 2.66. The van der Waals surface area contributed by atoms with Crippen LogP contribution in [0.15, 0.2) is 22.7 Å². The van der Waals surface area contributed by atoms with E-state index in [4.69, 9.17) is 16.0 Å². The van der Waals surface area contributed by atoms with Gasteiger partial charge >= 0.3 is 0 Å². The predicted molar refractivity (Wildman–Crippen MR) is 85.2 cm³/mol. The molecule has 3 aliphatic rings. The van der Waals surface area contributed by atoms with E-state index in [1.807, 2.05) is 12.1 Å². The quantitative estimate of drug-likeness (QED) is 0.935. The van der Waals surface area contributed by atoms with Crippen LogP contribution in [0.25, 0.3) is 10.8 Å². The van der Waals surface area contributed by atoms with E-state index in [0.717, 1.165) is 11.4 Å². The molecule has 1 atom stereocenters. The Morgan fingerprint density at radius 3 is 2.86 bits per heavy atom. The van der Waals surface area contributed by atoms with Crippen LogP contribution in [-0.4, -0.2) is 41.5 Å². The maximum Gasteiger partial charge on any atom is 0.261 e. The number of hydrogen-bond donors (Lipinski definition) is 1. The standard InChI is InChI=1S/C15H16ClN3O2S/c16-13-7-17-15(21-13)12-2-1-11(22-12)14(20)18-10-8-19-5-3-9(10)4-6-19/h1-2,7,9-10H,3-6,8H2,(H,18,20)/t10-/m0/s1. The van der Waals surface area contributed by atoms with Gasteiger partial charge in [-0.1, -0.05) is 0 Å². The van der Waals surface area contributed by atoms with Crippen molar-refractivity contribution in [2.75, 3.05) is 19.6 Å². The van der Waals surface area contributed by atoms with Gasteiger partial charge in [-0.15, -0.1) is 11.3 Å². The first-order chi connectivity index (χ1) is 10.7. The smallest absolute Gasteiger partial charge is 0.261 e. The van der Waals surface area contributed by atoms with Gasteiger partial charge in [-0.05, 0) is 55.6 Å². The van der Waals surface area contributed by atoms with Gasteiger partial charge < -0.3 is 14.6 Å². The largest absolute Gasteiger partial charge is 0.424 e. The highest BCUT2D eigenvalue weighted by molar-refractivity contribution is 7.17. The second-order valence-corrected chi connectivity index (χ2v) is 7.31. The lowest BCUT2D eigenvalue weighted by molar-refractivity contribution is 0.0622. The highest BCUT2D eigenvalue weighted by Gasteiger charge is 2.35. The number of rotatable bonds is 3. The summed E-state index contributed by atoms with van der Waals surface area (Å²) in [6, 6.07) is 3.93. The van der Waals surface area contributed by atoms with Crippen molar-refractivity contribution < 1.29 is 9.21 Å². The van der Waals surface area contributed by atoms with Crippen molar-refractivity contribution >= 4 is 28.8 Å². The molecule has 116 valence electrons. The average molecular weight is 338 g/mol. The number of nitrogens with one attached hydrogen (secondary N) is 1. The summed E-state index contributed by atoms with van der Waals surface area (Å²) in [6.45, 7) is 3.32. The van der Waals surface area contributed by atoms with Gasteiger partial charge in [0, 0.05) is 12.6 Å². The number of aromatic nitrogens is 1. The van der Waals surface area contributed by atoms with Crippen LogP contribution < -0.4 is 5.32 Å². The first-order valence-electron chi connectivity index (χ1n) is 7.44. The van der Waals surface area contributed by atoms with E-state index < -0.39 is 0 Å². The molecule has 0 spiro atoms. The molecule has 5 nitrogen and oxygen atoms in total. The molecule has 2 aromatic rings. The molecule has 5 heterocycles. The third-order valence-corrected chi connectivity index (χ3v) is 5.74. The molecule has 3 saturated heterocycles. The Labute approximate surface area is 137 Å². The number of halogens is 1. The van der Waals surface area contributed by atoms with Crippen molar-refractivity contribution in [1.29, 1.82) is 0 Å². The van der Waals surface area contributed by atoms with Gasteiger partial charge in [0.1, 0.15) is 0 Å². The van der Waals surface area contributed by atoms with Crippen molar-refractivity contribution in [3.8, 4) is 10.8 Å². The second-order valence-electron chi connectivity index (χ2n) is 5.85. The Balaban J connectivity index is 1.46. The first-order valence-corrected chi connectivity index (χ1v) is 8.63. The number of oxazole rings is 1. The van der Waals surface area contributed by atoms with Gasteiger partial charge in [-0.25, -0.2) is 4.98 Å². The SMILES string of the molecule is O=C(N[C@H]1CN2CCC1CC2)c1ccc(-c2ncc(Cl)o2)s1. The first kappa shape index (κ1) is 14.2. The van der Waals surface area contributed by atoms with Gasteiger partial charge in [0.15, 0.2) is 0 Å². The Kier molecular flexibility index (Phi) is 3.68. The molecule has 5 rings (SSSR count). The van der Waals surface area contributed by atoms with E-state index in [9.17, 15) is 4.79 Å². The number of thiophene rings is 1. The lowest BCUT2D eigenvalue weighted by Crippen LogP contribution is -2.57. The van der Waals surface area contributed by atoms with Crippen LogP contribution in [0.3, 0.4) is 0 Å². The van der Waals surface area contributed by atoms with Gasteiger partial charge in [-0.2, -0.15) is 0 Å². The summed E-state index contributed by atoms with van der Waals surface area (Å²) in [4.78, 5) is 20.4. The number of fused-ring (bicyclic) bond motifs is 3. The topological polar surface area (TPSA) is 58.4 Å². The van der Waals surface area contributed by atoms with Crippen molar-refractivity contribution in [3.05, 3.63) is 28.4 Å². The summed E-state index contributed by atoms with van der Waals surface area (Å²) >= 11 is 7.11. The van der Waals surface area contributed by atoms with E-state index in [-0.39, 0.29) is 17.2 Å². The number of carbonyl (C=O) groups is 1. The molecular formula is C15H16ClN3O2S. The van der Waals surface area contributed by atoms with E-state index in [1.54, 1.807) is 0 Å². The molecule has 0 aliphatic carbocycles. The molecule has 2 bridgehead atoms. The molecule has 0 aromatic carbocycles. The van der Waals surface area contributed by atoms with Crippen molar-refractivity contribution in [2.24, 2.45) is 5.92 Å². The minimum Gasteiger partial charge on any atom is -0.424 e. The number of amides is 1. The Hall–Kier alpha value is -1.37. The van der Waals surface area contributed by atoms with E-state index in [0.29, 0.717) is 16.7 Å². The summed E-state index contributed by atoms with van der Waals surface area (Å²) in [6.07, 6.45) is 3.84. The molecule has 1 N–H and O–H groups in total. The third-order valence-electron chi connectivity index (χ3n) is 4.49. The normalized spacial score (nSPS) is 27.0. The number of nitrogens with zero attached hydrogens (tertiary/aromatic N) is 2. The van der Waals surface area contributed by atoms with Crippen LogP contribution in [0, 0.1) is 5.92 Å². The Bertz CT molecular complexity index is 691. The molecule has 0 radical (unpaired) electrons. The molecule has 7 heteroatoms. The molecule has 1 amide bonds. The van der Waals surface area contributed by atoms with Crippen LogP contribution in [0.2, 0.25) is 5.22 Å². The van der Waals surface area contributed by atoms with E-state index >= 15 is 0 Å². The van der Waals surface area contributed by atoms with Crippen molar-refractivity contribution in [1.82, 2.24) is 15.2 Å². The van der Waals surface area contributed by atoms with Gasteiger partial charge in [0.05, 0.1) is 16.0 Å². The lowest BCUT2D eigenvalue weighted by atomic mass is 9.84. The van der Waals surface area contributed by atoms with Crippen molar-refractivity contribution in [2.45, 2.75) is 18.9 Å². The Morgan fingerprint density at radius 1 is 1.41 bits per heavy atom. The number of carbonyl (C=O) groups excluding carboxylic acids is 1. The molecule has 3 aliphatic heterocycles. The second kappa shape index (κ2) is 5.68. The lowest BCUT2D eigenvalue weighted by Gasteiger charge is -2.44. The maximum atomic E-state index is 12.4. The summed E-state index contributed by atoms with van der Waals surface area (Å²) in [5.74, 6) is 1.07. The van der Waals surface area contributed by atoms with Gasteiger partial charge in [-0.3, -0.25) is 4.79 Å². The molecule has 0 unspecified atom stereocenters. The number of hydrogen-bond acceptors (Lipinski definition) is 5. The summed E-state index contributed by atoms with van der Waals surface area (Å²) in [5.41, 5.74) is 0. The van der Waals surface area contributed by atoms with Crippen LogP contribution in [0.5, 0.6) is 0 Å². The van der Waals surface area contributed by atoms with Gasteiger partial charge in [0.25, 0.3) is 5.91 Å². The minimum absolute atomic E-state index is 0.00680. The van der Waals surface area contributed by atoms with Crippen LogP contribution >= 0.6 is 22.9 Å². The summed E-state index contributed by atoms with van der Waals surface area (Å²) < 4.78 is 5.28. The average Bonchev–Trinajstić information content (AvgIpc) is 3.17. The zero-order valence-electron chi connectivity index (χ0n) is 11.9. The van der Waals surface area contributed by atoms with Crippen molar-refractivity contribution in [3.63, 3.8) is 0 Å². The predicted octanol–water partition coefficient (Wildman–Crippen LogP) is 2.88. The van der Waals surface area contributed by atoms with Crippen LogP contribution in [0.4, 0.5) is 0 Å². The molecule has 3 fully saturated rings. The fourth-order valence-electron chi connectivity index (χ4n) is 3.31. The van der Waals surface area contributed by atoms with E-state index in [1.165, 1.54) is 43.5 Å². The summed E-state index contributed by atoms with van der Waals surface area (Å²) in [7, 11) is 0. The van der Waals surface area contributed by atoms with Gasteiger partial charge in [0.2, 0.25) is 11.1 Å². The zero-order valence-corrected chi connectivity index (χ0v) is 13.5. The van der Waals surface area contributed by atoms with Crippen LogP contribution in [-0.2, 0) is 0 Å². The zero-order chi connectivity index (χ0) is 15.1. The van der Waals surface area contributed by atoms with E-state index in [2.05, 4.69) is 15.2 Å². The van der Waals surface area contributed by atoms with Crippen LogP contribution in [0.1, 0.15) is 22.5 Å². The monoisotopic (exact) mass is 337 g/mol. The summed E-state index contributed by atoms with van der Waals surface area (Å²) in [5, 5.41) is 3.44. The maximum absolute atomic E-state index is 12.4. The molecular weight excluding hydrogens is 322 g/mol.